The number of para-hydroxylation sites is 1. The summed E-state index contributed by atoms with van der Waals surface area (Å²) in [5.41, 5.74) is 1.68. The maximum atomic E-state index is 12.9. The van der Waals surface area contributed by atoms with Crippen LogP contribution in [-0.2, 0) is 16.8 Å². The molecule has 0 radical (unpaired) electrons. The normalized spacial score (nSPS) is 21.2. The zero-order valence-corrected chi connectivity index (χ0v) is 16.8. The highest BCUT2D eigenvalue weighted by Gasteiger charge is 2.51. The number of halogens is 1. The third kappa shape index (κ3) is 4.18. The molecule has 1 amide bonds. The lowest BCUT2D eigenvalue weighted by molar-refractivity contribution is -0.123. The highest BCUT2D eigenvalue weighted by Crippen LogP contribution is 2.48. The first-order valence-electron chi connectivity index (χ1n) is 10.1. The number of nitrogens with one attached hydrogen (secondary N) is 1. The van der Waals surface area contributed by atoms with Crippen LogP contribution < -0.4 is 5.32 Å². The van der Waals surface area contributed by atoms with Crippen LogP contribution in [0.5, 0.6) is 5.75 Å². The van der Waals surface area contributed by atoms with Crippen molar-refractivity contribution in [3.05, 3.63) is 64.7 Å². The first kappa shape index (κ1) is 19.3. The number of carbonyl (C=O) groups excluding carboxylic acids is 1. The van der Waals surface area contributed by atoms with E-state index in [1.165, 1.54) is 0 Å². The van der Waals surface area contributed by atoms with E-state index < -0.39 is 0 Å². The van der Waals surface area contributed by atoms with Crippen molar-refractivity contribution in [2.24, 2.45) is 5.92 Å². The van der Waals surface area contributed by atoms with E-state index in [-0.39, 0.29) is 11.3 Å². The molecule has 1 aliphatic carbocycles. The first-order chi connectivity index (χ1) is 13.6. The molecule has 2 aromatic carbocycles. The maximum Gasteiger partial charge on any atom is 0.230 e. The minimum atomic E-state index is -0.352. The fourth-order valence-corrected chi connectivity index (χ4v) is 4.42. The maximum absolute atomic E-state index is 12.9. The van der Waals surface area contributed by atoms with Crippen LogP contribution in [0.3, 0.4) is 0 Å². The van der Waals surface area contributed by atoms with Gasteiger partial charge in [-0.05, 0) is 61.9 Å². The molecular formula is C23H27ClN2O2. The number of nitrogens with zero attached hydrogens (tertiary/aromatic N) is 1. The number of phenolic OH excluding ortho intramolecular Hbond substituents is 1. The van der Waals surface area contributed by atoms with Crippen LogP contribution in [0.4, 0.5) is 0 Å². The van der Waals surface area contributed by atoms with Gasteiger partial charge in [0.15, 0.2) is 0 Å². The predicted octanol–water partition coefficient (Wildman–Crippen LogP) is 4.11. The summed E-state index contributed by atoms with van der Waals surface area (Å²) in [6.07, 6.45) is 4.07. The molecular weight excluding hydrogens is 372 g/mol. The Morgan fingerprint density at radius 2 is 1.93 bits per heavy atom. The van der Waals surface area contributed by atoms with Gasteiger partial charge in [0.05, 0.1) is 5.41 Å². The monoisotopic (exact) mass is 398 g/mol. The summed E-state index contributed by atoms with van der Waals surface area (Å²) in [4.78, 5) is 15.3. The molecule has 1 saturated carbocycles. The second-order valence-corrected chi connectivity index (χ2v) is 8.61. The number of hydrogen-bond donors (Lipinski definition) is 2. The van der Waals surface area contributed by atoms with Gasteiger partial charge in [-0.3, -0.25) is 9.69 Å². The van der Waals surface area contributed by atoms with E-state index in [0.29, 0.717) is 23.2 Å². The smallest absolute Gasteiger partial charge is 0.230 e. The molecule has 0 spiro atoms. The summed E-state index contributed by atoms with van der Waals surface area (Å²) in [6, 6.07) is 15.2. The molecule has 4 nitrogen and oxygen atoms in total. The van der Waals surface area contributed by atoms with Crippen molar-refractivity contribution in [2.45, 2.75) is 37.6 Å². The Morgan fingerprint density at radius 3 is 2.64 bits per heavy atom. The number of piperidine rings is 1. The SMILES string of the molecule is O=C(NCC1CCCN(Cc2ccccc2O)C1)C1(c2ccc(Cl)cc2)CC1. The van der Waals surface area contributed by atoms with Crippen LogP contribution >= 0.6 is 11.6 Å². The van der Waals surface area contributed by atoms with Gasteiger partial charge in [-0.2, -0.15) is 0 Å². The molecule has 2 fully saturated rings. The topological polar surface area (TPSA) is 52.6 Å². The summed E-state index contributed by atoms with van der Waals surface area (Å²) in [5.74, 6) is 0.953. The van der Waals surface area contributed by atoms with Crippen LogP contribution in [0.15, 0.2) is 48.5 Å². The number of phenols is 1. The van der Waals surface area contributed by atoms with Gasteiger partial charge in [-0.15, -0.1) is 0 Å². The zero-order chi connectivity index (χ0) is 19.6. The van der Waals surface area contributed by atoms with Crippen LogP contribution in [0.2, 0.25) is 5.02 Å². The highest BCUT2D eigenvalue weighted by molar-refractivity contribution is 6.30. The standard InChI is InChI=1S/C23H27ClN2O2/c24-20-9-7-19(8-10-20)23(11-12-23)22(28)25-14-17-4-3-13-26(15-17)16-18-5-1-2-6-21(18)27/h1-2,5-10,17,27H,3-4,11-16H2,(H,25,28). The molecule has 1 heterocycles. The first-order valence-corrected chi connectivity index (χ1v) is 10.5. The van der Waals surface area contributed by atoms with Crippen molar-refractivity contribution in [3.63, 3.8) is 0 Å². The zero-order valence-electron chi connectivity index (χ0n) is 16.0. The molecule has 1 aliphatic heterocycles. The fourth-order valence-electron chi connectivity index (χ4n) is 4.29. The molecule has 2 aliphatic rings. The van der Waals surface area contributed by atoms with E-state index in [1.54, 1.807) is 6.07 Å². The summed E-state index contributed by atoms with van der Waals surface area (Å²) >= 11 is 5.99. The van der Waals surface area contributed by atoms with Crippen molar-refractivity contribution in [1.82, 2.24) is 10.2 Å². The van der Waals surface area contributed by atoms with E-state index in [2.05, 4.69) is 10.2 Å². The van der Waals surface area contributed by atoms with Crippen LogP contribution in [0.25, 0.3) is 0 Å². The number of likely N-dealkylation sites (tertiary alicyclic amines) is 1. The lowest BCUT2D eigenvalue weighted by atomic mass is 9.93. The molecule has 148 valence electrons. The van der Waals surface area contributed by atoms with Crippen molar-refractivity contribution in [2.75, 3.05) is 19.6 Å². The predicted molar refractivity (Wildman–Crippen MR) is 111 cm³/mol. The molecule has 4 rings (SSSR count). The van der Waals surface area contributed by atoms with Gasteiger partial charge in [0.1, 0.15) is 5.75 Å². The van der Waals surface area contributed by atoms with Crippen LogP contribution in [0.1, 0.15) is 36.8 Å². The summed E-state index contributed by atoms with van der Waals surface area (Å²) in [6.45, 7) is 3.45. The van der Waals surface area contributed by atoms with E-state index in [0.717, 1.165) is 56.4 Å². The molecule has 5 heteroatoms. The third-order valence-corrected chi connectivity index (χ3v) is 6.37. The van der Waals surface area contributed by atoms with E-state index in [9.17, 15) is 9.90 Å². The lowest BCUT2D eigenvalue weighted by Gasteiger charge is -2.33. The van der Waals surface area contributed by atoms with Gasteiger partial charge in [0.25, 0.3) is 0 Å². The number of rotatable bonds is 6. The third-order valence-electron chi connectivity index (χ3n) is 6.12. The van der Waals surface area contributed by atoms with Gasteiger partial charge in [-0.1, -0.05) is 41.9 Å². The summed E-state index contributed by atoms with van der Waals surface area (Å²) < 4.78 is 0. The van der Waals surface area contributed by atoms with Crippen LogP contribution in [-0.4, -0.2) is 35.5 Å². The van der Waals surface area contributed by atoms with Gasteiger partial charge in [-0.25, -0.2) is 0 Å². The number of carbonyl (C=O) groups is 1. The molecule has 1 unspecified atom stereocenters. The average molecular weight is 399 g/mol. The van der Waals surface area contributed by atoms with E-state index >= 15 is 0 Å². The summed E-state index contributed by atoms with van der Waals surface area (Å²) in [5, 5.41) is 13.9. The van der Waals surface area contributed by atoms with Gasteiger partial charge < -0.3 is 10.4 Å². The Hall–Kier alpha value is -2.04. The van der Waals surface area contributed by atoms with Crippen molar-refractivity contribution in [1.29, 1.82) is 0 Å². The van der Waals surface area contributed by atoms with Crippen LogP contribution in [0, 0.1) is 5.92 Å². The molecule has 0 aromatic heterocycles. The minimum Gasteiger partial charge on any atom is -0.508 e. The number of hydrogen-bond acceptors (Lipinski definition) is 3. The Kier molecular flexibility index (Phi) is 5.61. The minimum absolute atomic E-state index is 0.146. The van der Waals surface area contributed by atoms with Crippen molar-refractivity contribution in [3.8, 4) is 5.75 Å². The molecule has 0 bridgehead atoms. The molecule has 2 aromatic rings. The van der Waals surface area contributed by atoms with Gasteiger partial charge in [0.2, 0.25) is 5.91 Å². The van der Waals surface area contributed by atoms with Crippen molar-refractivity contribution < 1.29 is 9.90 Å². The quantitative estimate of drug-likeness (QED) is 0.770. The highest BCUT2D eigenvalue weighted by atomic mass is 35.5. The lowest BCUT2D eigenvalue weighted by Crippen LogP contribution is -2.43. The largest absolute Gasteiger partial charge is 0.508 e. The Balaban J connectivity index is 1.31. The second kappa shape index (κ2) is 8.14. The molecule has 28 heavy (non-hydrogen) atoms. The number of aromatic hydroxyl groups is 1. The Bertz CT molecular complexity index is 833. The fraction of sp³-hybridized carbons (Fsp3) is 0.435. The molecule has 1 atom stereocenters. The van der Waals surface area contributed by atoms with E-state index in [4.69, 9.17) is 11.6 Å². The second-order valence-electron chi connectivity index (χ2n) is 8.17. The Morgan fingerprint density at radius 1 is 1.18 bits per heavy atom. The molecule has 2 N–H and O–H groups in total. The van der Waals surface area contributed by atoms with E-state index in [1.807, 2.05) is 42.5 Å². The molecule has 1 saturated heterocycles. The van der Waals surface area contributed by atoms with Gasteiger partial charge >= 0.3 is 0 Å². The van der Waals surface area contributed by atoms with Gasteiger partial charge in [0, 0.05) is 30.2 Å². The van der Waals surface area contributed by atoms with Crippen molar-refractivity contribution >= 4 is 17.5 Å². The average Bonchev–Trinajstić information content (AvgIpc) is 3.51. The number of benzene rings is 2. The summed E-state index contributed by atoms with van der Waals surface area (Å²) in [7, 11) is 0. The Labute approximate surface area is 171 Å². The number of amides is 1.